The van der Waals surface area contributed by atoms with Crippen molar-refractivity contribution >= 4 is 5.91 Å². The van der Waals surface area contributed by atoms with Crippen LogP contribution in [-0.2, 0) is 0 Å². The summed E-state index contributed by atoms with van der Waals surface area (Å²) in [5.41, 5.74) is 0.757. The summed E-state index contributed by atoms with van der Waals surface area (Å²) in [6.45, 7) is 3.20. The number of aromatic nitrogens is 1. The Hall–Kier alpha value is -1.36. The molecule has 0 spiro atoms. The summed E-state index contributed by atoms with van der Waals surface area (Å²) in [7, 11) is 3.90. The third kappa shape index (κ3) is 2.85. The molecule has 0 saturated carbocycles. The van der Waals surface area contributed by atoms with Crippen molar-refractivity contribution in [1.82, 2.24) is 15.4 Å². The molecule has 1 N–H and O–H groups in total. The Morgan fingerprint density at radius 1 is 1.64 bits per heavy atom. The van der Waals surface area contributed by atoms with Crippen LogP contribution < -0.4 is 5.32 Å². The van der Waals surface area contributed by atoms with Gasteiger partial charge in [0, 0.05) is 18.7 Å². The van der Waals surface area contributed by atoms with Crippen LogP contribution in [0.1, 0.15) is 16.1 Å². The average molecular weight is 197 g/mol. The largest absolute Gasteiger partial charge is 0.351 e. The molecule has 5 nitrogen and oxygen atoms in total. The van der Waals surface area contributed by atoms with E-state index in [1.54, 1.807) is 6.92 Å². The van der Waals surface area contributed by atoms with Crippen molar-refractivity contribution in [3.05, 3.63) is 17.5 Å². The molecule has 0 aliphatic carbocycles. The van der Waals surface area contributed by atoms with E-state index in [-0.39, 0.29) is 5.91 Å². The molecule has 0 radical (unpaired) electrons. The Bertz CT molecular complexity index is 307. The molecule has 0 unspecified atom stereocenters. The molecule has 1 aromatic heterocycles. The highest BCUT2D eigenvalue weighted by Crippen LogP contribution is 2.04. The lowest BCUT2D eigenvalue weighted by Gasteiger charge is -2.09. The summed E-state index contributed by atoms with van der Waals surface area (Å²) in [5, 5.41) is 6.28. The molecule has 78 valence electrons. The third-order valence-electron chi connectivity index (χ3n) is 1.80. The van der Waals surface area contributed by atoms with Gasteiger partial charge < -0.3 is 14.7 Å². The van der Waals surface area contributed by atoms with Gasteiger partial charge >= 0.3 is 0 Å². The number of carbonyl (C=O) groups is 1. The van der Waals surface area contributed by atoms with Crippen molar-refractivity contribution in [2.75, 3.05) is 27.2 Å². The summed E-state index contributed by atoms with van der Waals surface area (Å²) in [6.07, 6.45) is 1.53. The molecule has 0 aliphatic heterocycles. The van der Waals surface area contributed by atoms with Crippen molar-refractivity contribution in [1.29, 1.82) is 0 Å². The number of nitrogens with one attached hydrogen (secondary N) is 1. The number of hydrogen-bond donors (Lipinski definition) is 1. The van der Waals surface area contributed by atoms with Crippen molar-refractivity contribution in [3.63, 3.8) is 0 Å². The summed E-state index contributed by atoms with van der Waals surface area (Å²) in [6, 6.07) is 0. The van der Waals surface area contributed by atoms with Crippen molar-refractivity contribution in [2.45, 2.75) is 6.92 Å². The van der Waals surface area contributed by atoms with Crippen LogP contribution in [0.5, 0.6) is 0 Å². The van der Waals surface area contributed by atoms with Crippen LogP contribution in [0.3, 0.4) is 0 Å². The minimum absolute atomic E-state index is 0.207. The maximum absolute atomic E-state index is 11.4. The average Bonchev–Trinajstić information content (AvgIpc) is 2.50. The molecule has 5 heteroatoms. The van der Waals surface area contributed by atoms with Crippen molar-refractivity contribution < 1.29 is 9.32 Å². The number of aryl methyl sites for hydroxylation is 1. The van der Waals surface area contributed by atoms with E-state index in [2.05, 4.69) is 10.5 Å². The highest BCUT2D eigenvalue weighted by atomic mass is 16.5. The first-order chi connectivity index (χ1) is 6.61. The normalized spacial score (nSPS) is 10.6. The Labute approximate surface area is 83.1 Å². The summed E-state index contributed by atoms with van der Waals surface area (Å²) in [4.78, 5) is 13.4. The zero-order valence-electron chi connectivity index (χ0n) is 8.70. The first-order valence-corrected chi connectivity index (χ1v) is 4.45. The molecule has 0 saturated heterocycles. The fraction of sp³-hybridized carbons (Fsp3) is 0.556. The van der Waals surface area contributed by atoms with E-state index in [1.807, 2.05) is 19.0 Å². The van der Waals surface area contributed by atoms with Crippen molar-refractivity contribution in [2.24, 2.45) is 0 Å². The van der Waals surface area contributed by atoms with Gasteiger partial charge in [0.05, 0.1) is 6.20 Å². The predicted octanol–water partition coefficient (Wildman–Crippen LogP) is 0.274. The molecule has 1 rings (SSSR count). The van der Waals surface area contributed by atoms with Gasteiger partial charge in [-0.1, -0.05) is 5.16 Å². The molecule has 0 atom stereocenters. The van der Waals surface area contributed by atoms with Crippen molar-refractivity contribution in [3.8, 4) is 0 Å². The van der Waals surface area contributed by atoms with Crippen LogP contribution in [0.25, 0.3) is 0 Å². The first kappa shape index (κ1) is 10.7. The zero-order chi connectivity index (χ0) is 10.6. The van der Waals surface area contributed by atoms with Gasteiger partial charge in [0.15, 0.2) is 0 Å². The van der Waals surface area contributed by atoms with E-state index >= 15 is 0 Å². The monoisotopic (exact) mass is 197 g/mol. The fourth-order valence-corrected chi connectivity index (χ4v) is 0.983. The molecule has 0 fully saturated rings. The van der Waals surface area contributed by atoms with Gasteiger partial charge in [-0.05, 0) is 21.0 Å². The molecular formula is C9H15N3O2. The Kier molecular flexibility index (Phi) is 3.64. The lowest BCUT2D eigenvalue weighted by atomic mass is 10.3. The number of nitrogens with zero attached hydrogens (tertiary/aromatic N) is 2. The van der Waals surface area contributed by atoms with Crippen LogP contribution in [0.15, 0.2) is 10.7 Å². The predicted molar refractivity (Wildman–Crippen MR) is 52.1 cm³/mol. The van der Waals surface area contributed by atoms with E-state index in [1.165, 1.54) is 6.20 Å². The van der Waals surface area contributed by atoms with Crippen LogP contribution in [0.2, 0.25) is 0 Å². The second-order valence-corrected chi connectivity index (χ2v) is 3.40. The van der Waals surface area contributed by atoms with E-state index < -0.39 is 0 Å². The summed E-state index contributed by atoms with van der Waals surface area (Å²) < 4.78 is 4.81. The van der Waals surface area contributed by atoms with Gasteiger partial charge in [-0.15, -0.1) is 0 Å². The highest BCUT2D eigenvalue weighted by molar-refractivity contribution is 5.92. The van der Waals surface area contributed by atoms with E-state index in [4.69, 9.17) is 4.52 Å². The smallest absolute Gasteiger partial charge is 0.290 e. The van der Waals surface area contributed by atoms with Gasteiger partial charge in [0.1, 0.15) is 0 Å². The second kappa shape index (κ2) is 4.76. The molecule has 0 bridgehead atoms. The number of amides is 1. The summed E-state index contributed by atoms with van der Waals surface area (Å²) in [5.74, 6) is 0.0885. The van der Waals surface area contributed by atoms with Crippen LogP contribution in [0, 0.1) is 6.92 Å². The number of carbonyl (C=O) groups excluding carboxylic acids is 1. The van der Waals surface area contributed by atoms with E-state index in [0.717, 1.165) is 12.1 Å². The minimum atomic E-state index is -0.207. The second-order valence-electron chi connectivity index (χ2n) is 3.40. The topological polar surface area (TPSA) is 58.4 Å². The third-order valence-corrected chi connectivity index (χ3v) is 1.80. The molecule has 14 heavy (non-hydrogen) atoms. The fourth-order valence-electron chi connectivity index (χ4n) is 0.983. The molecule has 1 aromatic rings. The zero-order valence-corrected chi connectivity index (χ0v) is 8.70. The standard InChI is InChI=1S/C9H15N3O2/c1-7-6-11-14-8(7)9(13)10-4-5-12(2)3/h6H,4-5H2,1-3H3,(H,10,13). The maximum Gasteiger partial charge on any atom is 0.290 e. The Morgan fingerprint density at radius 3 is 2.86 bits per heavy atom. The lowest BCUT2D eigenvalue weighted by Crippen LogP contribution is -2.31. The maximum atomic E-state index is 11.4. The van der Waals surface area contributed by atoms with Gasteiger partial charge in [0.25, 0.3) is 5.91 Å². The molecular weight excluding hydrogens is 182 g/mol. The summed E-state index contributed by atoms with van der Waals surface area (Å²) >= 11 is 0. The molecule has 0 aliphatic rings. The van der Waals surface area contributed by atoms with Crippen LogP contribution in [0.4, 0.5) is 0 Å². The van der Waals surface area contributed by atoms with Gasteiger partial charge in [-0.2, -0.15) is 0 Å². The number of hydrogen-bond acceptors (Lipinski definition) is 4. The quantitative estimate of drug-likeness (QED) is 0.753. The van der Waals surface area contributed by atoms with Crippen LogP contribution >= 0.6 is 0 Å². The van der Waals surface area contributed by atoms with Gasteiger partial charge in [-0.3, -0.25) is 4.79 Å². The Balaban J connectivity index is 2.40. The van der Waals surface area contributed by atoms with Gasteiger partial charge in [0.2, 0.25) is 5.76 Å². The number of likely N-dealkylation sites (N-methyl/N-ethyl adjacent to an activating group) is 1. The molecule has 1 amide bonds. The number of rotatable bonds is 4. The molecule has 0 aromatic carbocycles. The highest BCUT2D eigenvalue weighted by Gasteiger charge is 2.12. The lowest BCUT2D eigenvalue weighted by molar-refractivity contribution is 0.0913. The minimum Gasteiger partial charge on any atom is -0.351 e. The Morgan fingerprint density at radius 2 is 2.36 bits per heavy atom. The van der Waals surface area contributed by atoms with Crippen LogP contribution in [-0.4, -0.2) is 43.1 Å². The van der Waals surface area contributed by atoms with Gasteiger partial charge in [-0.25, -0.2) is 0 Å². The SMILES string of the molecule is Cc1cnoc1C(=O)NCCN(C)C. The molecule has 1 heterocycles. The van der Waals surface area contributed by atoms with E-state index in [9.17, 15) is 4.79 Å². The van der Waals surface area contributed by atoms with E-state index in [0.29, 0.717) is 12.3 Å². The first-order valence-electron chi connectivity index (χ1n) is 4.45.